The molecule has 0 aromatic heterocycles. The standard InChI is InChI=1S/C17H15BrClNO3/c1-10(21)12-3-6-14(7-4-12)20-17(22)11(2)23-16-8-5-13(18)9-15(16)19/h3-9,11H,1-2H3,(H,20,22)/t11-/m0/s1. The third kappa shape index (κ3) is 4.81. The third-order valence-corrected chi connectivity index (χ3v) is 3.91. The van der Waals surface area contributed by atoms with Gasteiger partial charge in [-0.15, -0.1) is 0 Å². The van der Waals surface area contributed by atoms with E-state index >= 15 is 0 Å². The van der Waals surface area contributed by atoms with Gasteiger partial charge in [0.15, 0.2) is 11.9 Å². The summed E-state index contributed by atoms with van der Waals surface area (Å²) in [4.78, 5) is 23.4. The molecule has 0 heterocycles. The minimum Gasteiger partial charge on any atom is -0.479 e. The Hall–Kier alpha value is -1.85. The number of Topliss-reactive ketones (excluding diaryl/α,β-unsaturated/α-hetero) is 1. The van der Waals surface area contributed by atoms with Crippen LogP contribution in [0, 0.1) is 0 Å². The summed E-state index contributed by atoms with van der Waals surface area (Å²) in [5.74, 6) is 0.105. The number of benzene rings is 2. The summed E-state index contributed by atoms with van der Waals surface area (Å²) in [6.45, 7) is 3.13. The van der Waals surface area contributed by atoms with Crippen LogP contribution in [-0.2, 0) is 4.79 Å². The molecule has 0 fully saturated rings. The zero-order valence-electron chi connectivity index (χ0n) is 12.6. The molecule has 120 valence electrons. The summed E-state index contributed by atoms with van der Waals surface area (Å²) in [6.07, 6.45) is -0.721. The van der Waals surface area contributed by atoms with Gasteiger partial charge in [0.05, 0.1) is 5.02 Å². The van der Waals surface area contributed by atoms with Crippen LogP contribution in [-0.4, -0.2) is 17.8 Å². The zero-order chi connectivity index (χ0) is 17.0. The van der Waals surface area contributed by atoms with Gasteiger partial charge in [-0.2, -0.15) is 0 Å². The molecule has 0 saturated carbocycles. The number of halogens is 2. The molecule has 0 unspecified atom stereocenters. The van der Waals surface area contributed by atoms with Crippen LogP contribution in [0.2, 0.25) is 5.02 Å². The highest BCUT2D eigenvalue weighted by Crippen LogP contribution is 2.28. The number of hydrogen-bond acceptors (Lipinski definition) is 3. The minimum absolute atomic E-state index is 0.0236. The number of ketones is 1. The van der Waals surface area contributed by atoms with Crippen LogP contribution in [0.25, 0.3) is 0 Å². The van der Waals surface area contributed by atoms with Gasteiger partial charge in [0.25, 0.3) is 5.91 Å². The minimum atomic E-state index is -0.721. The van der Waals surface area contributed by atoms with Gasteiger partial charge in [0.2, 0.25) is 0 Å². The number of ether oxygens (including phenoxy) is 1. The number of hydrogen-bond donors (Lipinski definition) is 1. The molecular formula is C17H15BrClNO3. The van der Waals surface area contributed by atoms with E-state index in [1.54, 1.807) is 49.4 Å². The Morgan fingerprint density at radius 1 is 1.17 bits per heavy atom. The molecule has 0 saturated heterocycles. The van der Waals surface area contributed by atoms with Crippen LogP contribution in [0.5, 0.6) is 5.75 Å². The lowest BCUT2D eigenvalue weighted by Crippen LogP contribution is -2.30. The average Bonchev–Trinajstić information content (AvgIpc) is 2.50. The summed E-state index contributed by atoms with van der Waals surface area (Å²) in [5, 5.41) is 3.15. The highest BCUT2D eigenvalue weighted by Gasteiger charge is 2.16. The molecule has 6 heteroatoms. The van der Waals surface area contributed by atoms with Crippen molar-refractivity contribution in [2.24, 2.45) is 0 Å². The summed E-state index contributed by atoms with van der Waals surface area (Å²) in [5.41, 5.74) is 1.19. The maximum atomic E-state index is 12.2. The summed E-state index contributed by atoms with van der Waals surface area (Å²) in [6, 6.07) is 11.8. The van der Waals surface area contributed by atoms with E-state index in [2.05, 4.69) is 21.2 Å². The van der Waals surface area contributed by atoms with Crippen LogP contribution < -0.4 is 10.1 Å². The van der Waals surface area contributed by atoms with Gasteiger partial charge in [-0.05, 0) is 56.3 Å². The first-order valence-corrected chi connectivity index (χ1v) is 8.07. The molecule has 0 aliphatic carbocycles. The van der Waals surface area contributed by atoms with Gasteiger partial charge < -0.3 is 10.1 Å². The van der Waals surface area contributed by atoms with E-state index < -0.39 is 6.10 Å². The van der Waals surface area contributed by atoms with Gasteiger partial charge in [0.1, 0.15) is 5.75 Å². The maximum absolute atomic E-state index is 12.2. The number of rotatable bonds is 5. The Labute approximate surface area is 147 Å². The molecule has 4 nitrogen and oxygen atoms in total. The van der Waals surface area contributed by atoms with Crippen LogP contribution in [0.1, 0.15) is 24.2 Å². The molecule has 0 bridgehead atoms. The van der Waals surface area contributed by atoms with Crippen molar-refractivity contribution in [2.45, 2.75) is 20.0 Å². The highest BCUT2D eigenvalue weighted by atomic mass is 79.9. The Morgan fingerprint density at radius 2 is 1.83 bits per heavy atom. The molecular weight excluding hydrogens is 382 g/mol. The lowest BCUT2D eigenvalue weighted by molar-refractivity contribution is -0.122. The molecule has 2 aromatic rings. The van der Waals surface area contributed by atoms with E-state index in [0.29, 0.717) is 22.0 Å². The van der Waals surface area contributed by atoms with Gasteiger partial charge in [0, 0.05) is 15.7 Å². The van der Waals surface area contributed by atoms with Crippen molar-refractivity contribution in [3.8, 4) is 5.75 Å². The second-order valence-electron chi connectivity index (χ2n) is 4.96. The first kappa shape index (κ1) is 17.5. The first-order chi connectivity index (χ1) is 10.9. The summed E-state index contributed by atoms with van der Waals surface area (Å²) < 4.78 is 6.41. The predicted molar refractivity (Wildman–Crippen MR) is 94.3 cm³/mol. The van der Waals surface area contributed by atoms with E-state index in [9.17, 15) is 9.59 Å². The second kappa shape index (κ2) is 7.62. The zero-order valence-corrected chi connectivity index (χ0v) is 14.9. The number of carbonyl (C=O) groups excluding carboxylic acids is 2. The first-order valence-electron chi connectivity index (χ1n) is 6.90. The second-order valence-corrected chi connectivity index (χ2v) is 6.28. The predicted octanol–water partition coefficient (Wildman–Crippen LogP) is 4.71. The van der Waals surface area contributed by atoms with Gasteiger partial charge in [-0.3, -0.25) is 9.59 Å². The molecule has 1 atom stereocenters. The van der Waals surface area contributed by atoms with Crippen molar-refractivity contribution in [1.82, 2.24) is 0 Å². The molecule has 1 amide bonds. The Morgan fingerprint density at radius 3 is 2.39 bits per heavy atom. The van der Waals surface area contributed by atoms with E-state index in [-0.39, 0.29) is 11.7 Å². The molecule has 0 aliphatic rings. The van der Waals surface area contributed by atoms with Gasteiger partial charge in [-0.25, -0.2) is 0 Å². The monoisotopic (exact) mass is 395 g/mol. The van der Waals surface area contributed by atoms with Crippen LogP contribution in [0.15, 0.2) is 46.9 Å². The molecule has 23 heavy (non-hydrogen) atoms. The van der Waals surface area contributed by atoms with Gasteiger partial charge in [-0.1, -0.05) is 27.5 Å². The molecule has 2 aromatic carbocycles. The molecule has 0 aliphatic heterocycles. The number of carbonyl (C=O) groups is 2. The normalized spacial score (nSPS) is 11.7. The lowest BCUT2D eigenvalue weighted by atomic mass is 10.1. The van der Waals surface area contributed by atoms with Crippen molar-refractivity contribution in [3.63, 3.8) is 0 Å². The Bertz CT molecular complexity index is 731. The molecule has 2 rings (SSSR count). The quantitative estimate of drug-likeness (QED) is 0.745. The van der Waals surface area contributed by atoms with Gasteiger partial charge >= 0.3 is 0 Å². The topological polar surface area (TPSA) is 55.4 Å². The van der Waals surface area contributed by atoms with E-state index in [1.165, 1.54) is 6.92 Å². The van der Waals surface area contributed by atoms with E-state index in [4.69, 9.17) is 16.3 Å². The molecule has 0 spiro atoms. The third-order valence-electron chi connectivity index (χ3n) is 3.13. The van der Waals surface area contributed by atoms with Crippen LogP contribution in [0.4, 0.5) is 5.69 Å². The average molecular weight is 397 g/mol. The van der Waals surface area contributed by atoms with Crippen molar-refractivity contribution in [2.75, 3.05) is 5.32 Å². The lowest BCUT2D eigenvalue weighted by Gasteiger charge is -2.16. The van der Waals surface area contributed by atoms with Crippen LogP contribution in [0.3, 0.4) is 0 Å². The van der Waals surface area contributed by atoms with E-state index in [0.717, 1.165) is 4.47 Å². The SMILES string of the molecule is CC(=O)c1ccc(NC(=O)[C@H](C)Oc2ccc(Br)cc2Cl)cc1. The molecule has 1 N–H and O–H groups in total. The van der Waals surface area contributed by atoms with Crippen LogP contribution >= 0.6 is 27.5 Å². The van der Waals surface area contributed by atoms with Crippen molar-refractivity contribution < 1.29 is 14.3 Å². The smallest absolute Gasteiger partial charge is 0.265 e. The summed E-state index contributed by atoms with van der Waals surface area (Å²) >= 11 is 9.38. The fourth-order valence-corrected chi connectivity index (χ4v) is 2.56. The molecule has 0 radical (unpaired) electrons. The highest BCUT2D eigenvalue weighted by molar-refractivity contribution is 9.10. The summed E-state index contributed by atoms with van der Waals surface area (Å²) in [7, 11) is 0. The van der Waals surface area contributed by atoms with Crippen molar-refractivity contribution in [1.29, 1.82) is 0 Å². The number of amides is 1. The Balaban J connectivity index is 2.00. The fourth-order valence-electron chi connectivity index (χ4n) is 1.85. The maximum Gasteiger partial charge on any atom is 0.265 e. The fraction of sp³-hybridized carbons (Fsp3) is 0.176. The number of anilines is 1. The largest absolute Gasteiger partial charge is 0.479 e. The van der Waals surface area contributed by atoms with Crippen molar-refractivity contribution in [3.05, 3.63) is 57.5 Å². The van der Waals surface area contributed by atoms with E-state index in [1.807, 2.05) is 0 Å². The number of nitrogens with one attached hydrogen (secondary N) is 1. The Kier molecular flexibility index (Phi) is 5.80. The van der Waals surface area contributed by atoms with Crippen molar-refractivity contribution >= 4 is 44.9 Å².